The van der Waals surface area contributed by atoms with Crippen LogP contribution in [-0.2, 0) is 0 Å². The van der Waals surface area contributed by atoms with E-state index >= 15 is 0 Å². The number of rotatable bonds is 1. The SMILES string of the molecule is CN1C=CN(C)C1B(O)O. The second-order valence-corrected chi connectivity index (χ2v) is 2.46. The topological polar surface area (TPSA) is 46.9 Å². The lowest BCUT2D eigenvalue weighted by molar-refractivity contribution is 0.223. The third-order valence-corrected chi connectivity index (χ3v) is 1.64. The van der Waals surface area contributed by atoms with Crippen LogP contribution in [0.5, 0.6) is 0 Å². The van der Waals surface area contributed by atoms with Gasteiger partial charge < -0.3 is 19.8 Å². The molecule has 1 rings (SSSR count). The Morgan fingerprint density at radius 1 is 1.20 bits per heavy atom. The van der Waals surface area contributed by atoms with Gasteiger partial charge in [-0.2, -0.15) is 0 Å². The summed E-state index contributed by atoms with van der Waals surface area (Å²) in [6.45, 7) is 0. The Hall–Kier alpha value is -0.675. The molecule has 0 bridgehead atoms. The van der Waals surface area contributed by atoms with Crippen LogP contribution in [0, 0.1) is 0 Å². The van der Waals surface area contributed by atoms with Crippen LogP contribution >= 0.6 is 0 Å². The molecule has 0 aliphatic carbocycles. The Morgan fingerprint density at radius 3 is 1.80 bits per heavy atom. The van der Waals surface area contributed by atoms with E-state index in [0.717, 1.165) is 0 Å². The Kier molecular flexibility index (Phi) is 1.87. The predicted octanol–water partition coefficient (Wildman–Crippen LogP) is -1.33. The van der Waals surface area contributed by atoms with Crippen molar-refractivity contribution in [2.24, 2.45) is 0 Å². The van der Waals surface area contributed by atoms with Crippen molar-refractivity contribution in [3.63, 3.8) is 0 Å². The van der Waals surface area contributed by atoms with Gasteiger partial charge in [-0.05, 0) is 0 Å². The van der Waals surface area contributed by atoms with E-state index < -0.39 is 7.12 Å². The van der Waals surface area contributed by atoms with Gasteiger partial charge in [-0.25, -0.2) is 0 Å². The van der Waals surface area contributed by atoms with Gasteiger partial charge >= 0.3 is 7.12 Å². The Bertz CT molecular complexity index is 139. The van der Waals surface area contributed by atoms with Crippen LogP contribution in [0.15, 0.2) is 12.4 Å². The molecule has 0 radical (unpaired) electrons. The molecule has 0 atom stereocenters. The quantitative estimate of drug-likeness (QED) is 0.445. The Balaban J connectivity index is 2.60. The average molecular weight is 142 g/mol. The van der Waals surface area contributed by atoms with Crippen molar-refractivity contribution in [3.05, 3.63) is 12.4 Å². The Morgan fingerprint density at radius 2 is 1.60 bits per heavy atom. The molecule has 1 aliphatic heterocycles. The van der Waals surface area contributed by atoms with E-state index in [9.17, 15) is 0 Å². The van der Waals surface area contributed by atoms with Crippen LogP contribution in [0.3, 0.4) is 0 Å². The van der Waals surface area contributed by atoms with Gasteiger partial charge in [0.05, 0.1) is 0 Å². The second-order valence-electron chi connectivity index (χ2n) is 2.46. The zero-order valence-corrected chi connectivity index (χ0v) is 6.10. The molecule has 5 heteroatoms. The molecule has 10 heavy (non-hydrogen) atoms. The van der Waals surface area contributed by atoms with Gasteiger partial charge in [-0.1, -0.05) is 0 Å². The van der Waals surface area contributed by atoms with E-state index in [1.54, 1.807) is 36.3 Å². The van der Waals surface area contributed by atoms with Gasteiger partial charge in [0.25, 0.3) is 0 Å². The summed E-state index contributed by atoms with van der Waals surface area (Å²) in [6.07, 6.45) is 3.59. The highest BCUT2D eigenvalue weighted by Crippen LogP contribution is 2.11. The molecule has 0 spiro atoms. The minimum Gasteiger partial charge on any atom is -0.425 e. The maximum Gasteiger partial charge on any atom is 0.497 e. The molecule has 2 N–H and O–H groups in total. The maximum atomic E-state index is 8.83. The molecule has 1 aliphatic rings. The molecule has 4 nitrogen and oxygen atoms in total. The summed E-state index contributed by atoms with van der Waals surface area (Å²) in [7, 11) is 2.28. The lowest BCUT2D eigenvalue weighted by Crippen LogP contribution is -2.47. The third kappa shape index (κ3) is 1.10. The van der Waals surface area contributed by atoms with E-state index in [-0.39, 0.29) is 6.07 Å². The molecule has 56 valence electrons. The first-order valence-corrected chi connectivity index (χ1v) is 3.11. The van der Waals surface area contributed by atoms with Gasteiger partial charge in [-0.3, -0.25) is 0 Å². The first kappa shape index (κ1) is 7.43. The van der Waals surface area contributed by atoms with E-state index in [1.165, 1.54) is 0 Å². The predicted molar refractivity (Wildman–Crippen MR) is 38.6 cm³/mol. The van der Waals surface area contributed by atoms with Gasteiger partial charge in [0.1, 0.15) is 6.07 Å². The smallest absolute Gasteiger partial charge is 0.425 e. The fraction of sp³-hybridized carbons (Fsp3) is 0.600. The largest absolute Gasteiger partial charge is 0.497 e. The summed E-state index contributed by atoms with van der Waals surface area (Å²) >= 11 is 0. The molecule has 0 saturated heterocycles. The molecular formula is C5H11BN2O2. The molecule has 0 aromatic rings. The van der Waals surface area contributed by atoms with Crippen molar-refractivity contribution in [1.82, 2.24) is 9.80 Å². The van der Waals surface area contributed by atoms with Crippen LogP contribution in [0.1, 0.15) is 0 Å². The number of hydrogen-bond donors (Lipinski definition) is 2. The lowest BCUT2D eigenvalue weighted by atomic mass is 9.85. The van der Waals surface area contributed by atoms with Crippen molar-refractivity contribution in [2.45, 2.75) is 6.07 Å². The maximum absolute atomic E-state index is 8.83. The molecule has 0 aromatic heterocycles. The Labute approximate surface area is 60.5 Å². The van der Waals surface area contributed by atoms with Crippen molar-refractivity contribution < 1.29 is 10.0 Å². The monoisotopic (exact) mass is 142 g/mol. The van der Waals surface area contributed by atoms with Crippen LogP contribution in [0.25, 0.3) is 0 Å². The van der Waals surface area contributed by atoms with Crippen molar-refractivity contribution in [3.8, 4) is 0 Å². The van der Waals surface area contributed by atoms with Crippen LogP contribution < -0.4 is 0 Å². The fourth-order valence-corrected chi connectivity index (χ4v) is 1.09. The highest BCUT2D eigenvalue weighted by Gasteiger charge is 2.31. The molecule has 0 aromatic carbocycles. The van der Waals surface area contributed by atoms with Crippen molar-refractivity contribution >= 4 is 7.12 Å². The van der Waals surface area contributed by atoms with Gasteiger partial charge in [0.15, 0.2) is 0 Å². The fourth-order valence-electron chi connectivity index (χ4n) is 1.09. The highest BCUT2D eigenvalue weighted by molar-refractivity contribution is 6.43. The van der Waals surface area contributed by atoms with Crippen molar-refractivity contribution in [2.75, 3.05) is 14.1 Å². The first-order chi connectivity index (χ1) is 4.63. The first-order valence-electron chi connectivity index (χ1n) is 3.11. The summed E-state index contributed by atoms with van der Waals surface area (Å²) in [4.78, 5) is 3.48. The van der Waals surface area contributed by atoms with E-state index in [4.69, 9.17) is 10.0 Å². The van der Waals surface area contributed by atoms with Gasteiger partial charge in [0.2, 0.25) is 0 Å². The van der Waals surface area contributed by atoms with E-state index in [2.05, 4.69) is 0 Å². The van der Waals surface area contributed by atoms with Crippen LogP contribution in [-0.4, -0.2) is 47.1 Å². The number of nitrogens with zero attached hydrogens (tertiary/aromatic N) is 2. The van der Waals surface area contributed by atoms with E-state index in [0.29, 0.717) is 0 Å². The molecule has 0 unspecified atom stereocenters. The minimum atomic E-state index is -1.31. The summed E-state index contributed by atoms with van der Waals surface area (Å²) in [5.74, 6) is 0. The molecule has 0 amide bonds. The zero-order valence-electron chi connectivity index (χ0n) is 6.10. The van der Waals surface area contributed by atoms with Crippen LogP contribution in [0.4, 0.5) is 0 Å². The highest BCUT2D eigenvalue weighted by atomic mass is 16.4. The van der Waals surface area contributed by atoms with Crippen molar-refractivity contribution in [1.29, 1.82) is 0 Å². The minimum absolute atomic E-state index is 0.333. The average Bonchev–Trinajstić information content (AvgIpc) is 2.11. The number of hydrogen-bond acceptors (Lipinski definition) is 4. The third-order valence-electron chi connectivity index (χ3n) is 1.64. The summed E-state index contributed by atoms with van der Waals surface area (Å²) in [5.41, 5.74) is 0. The summed E-state index contributed by atoms with van der Waals surface area (Å²) in [5, 5.41) is 17.7. The molecular weight excluding hydrogens is 131 g/mol. The van der Waals surface area contributed by atoms with E-state index in [1.807, 2.05) is 0 Å². The van der Waals surface area contributed by atoms with Crippen LogP contribution in [0.2, 0.25) is 0 Å². The molecule has 0 fully saturated rings. The standard InChI is InChI=1S/C5H11BN2O2/c1-7-3-4-8(2)5(7)6(9)10/h3-5,9-10H,1-2H3. The van der Waals surface area contributed by atoms with Gasteiger partial charge in [0, 0.05) is 26.5 Å². The molecule has 1 heterocycles. The zero-order chi connectivity index (χ0) is 7.72. The summed E-state index contributed by atoms with van der Waals surface area (Å²) in [6, 6.07) is -0.333. The summed E-state index contributed by atoms with van der Waals surface area (Å²) < 4.78 is 0. The lowest BCUT2D eigenvalue weighted by Gasteiger charge is -2.25. The normalized spacial score (nSPS) is 18.8. The van der Waals surface area contributed by atoms with Gasteiger partial charge in [-0.15, -0.1) is 0 Å². The second kappa shape index (κ2) is 2.52. The molecule has 0 saturated carbocycles.